The highest BCUT2D eigenvalue weighted by molar-refractivity contribution is 5.74. The van der Waals surface area contributed by atoms with Crippen LogP contribution in [0.1, 0.15) is 6.42 Å². The summed E-state index contributed by atoms with van der Waals surface area (Å²) in [6.07, 6.45) is -0.125. The first-order valence-corrected chi connectivity index (χ1v) is 2.79. The van der Waals surface area contributed by atoms with Gasteiger partial charge in [0.15, 0.2) is 0 Å². The lowest BCUT2D eigenvalue weighted by Gasteiger charge is -2.04. The van der Waals surface area contributed by atoms with Gasteiger partial charge in [0.1, 0.15) is 12.4 Å². The van der Waals surface area contributed by atoms with Gasteiger partial charge in [0.25, 0.3) is 0 Å². The summed E-state index contributed by atoms with van der Waals surface area (Å²) in [6, 6.07) is 0. The summed E-state index contributed by atoms with van der Waals surface area (Å²) in [4.78, 5) is 20.5. The summed E-state index contributed by atoms with van der Waals surface area (Å²) in [5.41, 5.74) is 0. The maximum absolute atomic E-state index is 10.5. The van der Waals surface area contributed by atoms with Gasteiger partial charge in [-0.05, 0) is 0 Å². The fourth-order valence-corrected chi connectivity index (χ4v) is 0.435. The molecule has 0 aromatic heterocycles. The van der Waals surface area contributed by atoms with E-state index in [1.54, 1.807) is 0 Å². The number of ether oxygens (including phenoxy) is 2. The molecule has 10 heavy (non-hydrogen) atoms. The predicted octanol–water partition coefficient (Wildman–Crippen LogP) is -0.237. The van der Waals surface area contributed by atoms with Gasteiger partial charge in [0.05, 0.1) is 13.5 Å². The first-order valence-electron chi connectivity index (χ1n) is 2.79. The van der Waals surface area contributed by atoms with Crippen LogP contribution in [0, 0.1) is 0 Å². The molecule has 1 atom stereocenters. The molecule has 0 spiro atoms. The zero-order valence-corrected chi connectivity index (χ0v) is 5.99. The second-order valence-corrected chi connectivity index (χ2v) is 1.69. The Labute approximate surface area is 59.1 Å². The lowest BCUT2D eigenvalue weighted by atomic mass is 10.3. The van der Waals surface area contributed by atoms with Gasteiger partial charge in [-0.3, -0.25) is 4.79 Å². The lowest BCUT2D eigenvalue weighted by molar-refractivity contribution is -0.144. The van der Waals surface area contributed by atoms with Crippen molar-refractivity contribution in [3.05, 3.63) is 0 Å². The molecule has 0 bridgehead atoms. The standard InChI is InChI=1S/C6H10O4/c1-9-5(4-7)3-6(8)10-2/h4-5H,3H2,1-2H3/t5-/m1/s1. The van der Waals surface area contributed by atoms with Crippen LogP contribution in [0.2, 0.25) is 0 Å². The van der Waals surface area contributed by atoms with E-state index in [2.05, 4.69) is 9.47 Å². The molecule has 0 aliphatic heterocycles. The summed E-state index contributed by atoms with van der Waals surface area (Å²) < 4.78 is 8.91. The van der Waals surface area contributed by atoms with Crippen molar-refractivity contribution in [3.63, 3.8) is 0 Å². The average molecular weight is 146 g/mol. The van der Waals surface area contributed by atoms with Crippen LogP contribution in [-0.4, -0.2) is 32.6 Å². The third-order valence-electron chi connectivity index (χ3n) is 1.05. The van der Waals surface area contributed by atoms with Gasteiger partial charge in [-0.25, -0.2) is 0 Å². The molecule has 0 aliphatic rings. The van der Waals surface area contributed by atoms with Crippen molar-refractivity contribution in [2.24, 2.45) is 0 Å². The number of methoxy groups -OCH3 is 2. The Morgan fingerprint density at radius 1 is 1.60 bits per heavy atom. The Kier molecular flexibility index (Phi) is 4.49. The van der Waals surface area contributed by atoms with E-state index in [4.69, 9.17) is 0 Å². The van der Waals surface area contributed by atoms with E-state index >= 15 is 0 Å². The molecule has 0 fully saturated rings. The van der Waals surface area contributed by atoms with Crippen molar-refractivity contribution >= 4 is 12.3 Å². The summed E-state index contributed by atoms with van der Waals surface area (Å²) in [7, 11) is 2.63. The van der Waals surface area contributed by atoms with Crippen LogP contribution in [0.15, 0.2) is 0 Å². The third kappa shape index (κ3) is 3.19. The highest BCUT2D eigenvalue weighted by Gasteiger charge is 2.10. The van der Waals surface area contributed by atoms with Crippen molar-refractivity contribution in [3.8, 4) is 0 Å². The number of aldehydes is 1. The Hall–Kier alpha value is -0.900. The monoisotopic (exact) mass is 146 g/mol. The molecule has 4 nitrogen and oxygen atoms in total. The summed E-state index contributed by atoms with van der Waals surface area (Å²) >= 11 is 0. The molecule has 0 unspecified atom stereocenters. The molecular weight excluding hydrogens is 136 g/mol. The number of hydrogen-bond acceptors (Lipinski definition) is 4. The SMILES string of the molecule is COC(=O)C[C@H](C=O)OC. The lowest BCUT2D eigenvalue weighted by Crippen LogP contribution is -2.18. The Morgan fingerprint density at radius 3 is 2.50 bits per heavy atom. The predicted molar refractivity (Wildman–Crippen MR) is 33.5 cm³/mol. The molecule has 0 N–H and O–H groups in total. The fraction of sp³-hybridized carbons (Fsp3) is 0.667. The van der Waals surface area contributed by atoms with Crippen LogP contribution >= 0.6 is 0 Å². The molecule has 0 heterocycles. The highest BCUT2D eigenvalue weighted by atomic mass is 16.5. The summed E-state index contributed by atoms with van der Waals surface area (Å²) in [6.45, 7) is 0. The normalized spacial score (nSPS) is 12.2. The molecule has 0 amide bonds. The third-order valence-corrected chi connectivity index (χ3v) is 1.05. The van der Waals surface area contributed by atoms with E-state index in [-0.39, 0.29) is 6.42 Å². The number of carbonyl (C=O) groups is 2. The topological polar surface area (TPSA) is 52.6 Å². The van der Waals surface area contributed by atoms with Crippen molar-refractivity contribution in [2.75, 3.05) is 14.2 Å². The summed E-state index contributed by atoms with van der Waals surface area (Å²) in [5, 5.41) is 0. The van der Waals surface area contributed by atoms with Gasteiger partial charge < -0.3 is 14.3 Å². The Bertz CT molecular complexity index is 121. The molecule has 0 saturated carbocycles. The van der Waals surface area contributed by atoms with Crippen LogP contribution in [0.4, 0.5) is 0 Å². The van der Waals surface area contributed by atoms with Gasteiger partial charge in [-0.2, -0.15) is 0 Å². The van der Waals surface area contributed by atoms with Gasteiger partial charge in [-0.1, -0.05) is 0 Å². The molecule has 0 radical (unpaired) electrons. The molecule has 0 aliphatic carbocycles. The number of esters is 1. The average Bonchev–Trinajstić information content (AvgIpc) is 1.99. The smallest absolute Gasteiger partial charge is 0.308 e. The molecule has 0 aromatic rings. The summed E-state index contributed by atoms with van der Waals surface area (Å²) in [5.74, 6) is -0.445. The van der Waals surface area contributed by atoms with Crippen LogP contribution in [-0.2, 0) is 19.1 Å². The number of carbonyl (C=O) groups excluding carboxylic acids is 2. The molecule has 0 saturated heterocycles. The Morgan fingerprint density at radius 2 is 2.20 bits per heavy atom. The minimum Gasteiger partial charge on any atom is -0.469 e. The number of hydrogen-bond donors (Lipinski definition) is 0. The molecule has 0 aromatic carbocycles. The largest absolute Gasteiger partial charge is 0.469 e. The van der Waals surface area contributed by atoms with Crippen molar-refractivity contribution < 1.29 is 19.1 Å². The van der Waals surface area contributed by atoms with Gasteiger partial charge in [0.2, 0.25) is 0 Å². The maximum atomic E-state index is 10.5. The quantitative estimate of drug-likeness (QED) is 0.406. The van der Waals surface area contributed by atoms with E-state index in [0.29, 0.717) is 6.29 Å². The van der Waals surface area contributed by atoms with Gasteiger partial charge in [0, 0.05) is 7.11 Å². The molecule has 0 rings (SSSR count). The second-order valence-electron chi connectivity index (χ2n) is 1.69. The van der Waals surface area contributed by atoms with E-state index in [1.807, 2.05) is 0 Å². The second kappa shape index (κ2) is 4.93. The Balaban J connectivity index is 3.62. The zero-order valence-electron chi connectivity index (χ0n) is 5.99. The molecular formula is C6H10O4. The highest BCUT2D eigenvalue weighted by Crippen LogP contribution is 1.94. The van der Waals surface area contributed by atoms with Crippen molar-refractivity contribution in [1.29, 1.82) is 0 Å². The minimum atomic E-state index is -0.674. The van der Waals surface area contributed by atoms with Crippen LogP contribution < -0.4 is 0 Å². The van der Waals surface area contributed by atoms with Crippen LogP contribution in [0.5, 0.6) is 0 Å². The molecule has 58 valence electrons. The first kappa shape index (κ1) is 9.10. The van der Waals surface area contributed by atoms with E-state index < -0.39 is 12.1 Å². The minimum absolute atomic E-state index is 0.0174. The molecule has 4 heteroatoms. The van der Waals surface area contributed by atoms with Crippen LogP contribution in [0.25, 0.3) is 0 Å². The maximum Gasteiger partial charge on any atom is 0.308 e. The van der Waals surface area contributed by atoms with Crippen molar-refractivity contribution in [1.82, 2.24) is 0 Å². The van der Waals surface area contributed by atoms with E-state index in [9.17, 15) is 9.59 Å². The van der Waals surface area contributed by atoms with Gasteiger partial charge in [-0.15, -0.1) is 0 Å². The van der Waals surface area contributed by atoms with E-state index in [1.165, 1.54) is 14.2 Å². The first-order chi connectivity index (χ1) is 4.74. The number of rotatable bonds is 4. The van der Waals surface area contributed by atoms with Crippen molar-refractivity contribution in [2.45, 2.75) is 12.5 Å². The van der Waals surface area contributed by atoms with Crippen LogP contribution in [0.3, 0.4) is 0 Å². The zero-order chi connectivity index (χ0) is 7.98. The van der Waals surface area contributed by atoms with Gasteiger partial charge >= 0.3 is 5.97 Å². The fourth-order valence-electron chi connectivity index (χ4n) is 0.435. The van der Waals surface area contributed by atoms with E-state index in [0.717, 1.165) is 0 Å².